The zero-order valence-corrected chi connectivity index (χ0v) is 19.4. The molecular weight excluding hydrogens is 424 g/mol. The summed E-state index contributed by atoms with van der Waals surface area (Å²) in [6, 6.07) is 15.3. The minimum absolute atomic E-state index is 0.156. The number of aryl methyl sites for hydroxylation is 1. The van der Waals surface area contributed by atoms with Crippen LogP contribution in [0.5, 0.6) is 0 Å². The van der Waals surface area contributed by atoms with E-state index in [0.717, 1.165) is 59.1 Å². The number of ketones is 1. The molecule has 4 aromatic rings. The highest BCUT2D eigenvalue weighted by molar-refractivity contribution is 6.17. The summed E-state index contributed by atoms with van der Waals surface area (Å²) in [6.45, 7) is 1.91. The van der Waals surface area contributed by atoms with Gasteiger partial charge in [0, 0.05) is 22.4 Å². The Labute approximate surface area is 198 Å². The van der Waals surface area contributed by atoms with Crippen LogP contribution in [-0.2, 0) is 0 Å². The minimum atomic E-state index is -0.386. The van der Waals surface area contributed by atoms with Gasteiger partial charge < -0.3 is 8.83 Å². The number of Topliss-reactive ketones (excluding diaryl/α,β-unsaturated/α-hetero) is 1. The molecule has 172 valence electrons. The summed E-state index contributed by atoms with van der Waals surface area (Å²) in [7, 11) is 0. The fourth-order valence-electron chi connectivity index (χ4n) is 7.69. The molecule has 0 N–H and O–H groups in total. The first-order valence-corrected chi connectivity index (χ1v) is 12.6. The smallest absolute Gasteiger partial charge is 0.336 e. The van der Waals surface area contributed by atoms with E-state index in [2.05, 4.69) is 0 Å². The summed E-state index contributed by atoms with van der Waals surface area (Å²) < 4.78 is 12.2. The fourth-order valence-corrected chi connectivity index (χ4v) is 7.69. The number of hydrogen-bond acceptors (Lipinski definition) is 4. The molecule has 4 atom stereocenters. The van der Waals surface area contributed by atoms with Crippen LogP contribution in [0, 0.1) is 30.1 Å². The zero-order valence-electron chi connectivity index (χ0n) is 19.4. The van der Waals surface area contributed by atoms with Gasteiger partial charge in [-0.2, -0.15) is 0 Å². The van der Waals surface area contributed by atoms with Crippen LogP contribution in [0.15, 0.2) is 62.2 Å². The Morgan fingerprint density at radius 1 is 1.00 bits per heavy atom. The van der Waals surface area contributed by atoms with Crippen molar-refractivity contribution in [1.82, 2.24) is 0 Å². The first kappa shape index (κ1) is 20.3. The van der Waals surface area contributed by atoms with Gasteiger partial charge in [0.1, 0.15) is 11.2 Å². The normalized spacial score (nSPS) is 28.0. The molecule has 2 aromatic carbocycles. The highest BCUT2D eigenvalue weighted by atomic mass is 16.4. The van der Waals surface area contributed by atoms with Crippen molar-refractivity contribution in [2.24, 2.45) is 23.2 Å². The summed E-state index contributed by atoms with van der Waals surface area (Å²) in [5.41, 5.74) is 2.94. The van der Waals surface area contributed by atoms with E-state index in [1.165, 1.54) is 25.3 Å². The Balaban J connectivity index is 1.51. The van der Waals surface area contributed by atoms with Crippen LogP contribution in [0.1, 0.15) is 61.1 Å². The Hall–Kier alpha value is -3.14. The quantitative estimate of drug-likeness (QED) is 0.242. The summed E-state index contributed by atoms with van der Waals surface area (Å²) in [6.07, 6.45) is 7.90. The van der Waals surface area contributed by atoms with Gasteiger partial charge >= 0.3 is 5.63 Å². The van der Waals surface area contributed by atoms with E-state index in [4.69, 9.17) is 8.83 Å². The second-order valence-corrected chi connectivity index (χ2v) is 11.0. The van der Waals surface area contributed by atoms with Gasteiger partial charge in [-0.3, -0.25) is 4.79 Å². The Kier molecular flexibility index (Phi) is 4.28. The van der Waals surface area contributed by atoms with Gasteiger partial charge in [0.2, 0.25) is 5.78 Å². The first-order valence-electron chi connectivity index (χ1n) is 12.6. The molecule has 3 saturated carbocycles. The minimum Gasteiger partial charge on any atom is -0.452 e. The van der Waals surface area contributed by atoms with E-state index >= 15 is 0 Å². The SMILES string of the molecule is Cc1cc(=O)oc2c1ccc1oc(C(=O)C34CCC[C@H]5C[C@@H](CC5C3)C4)c(-c3ccccc3)c12. The Morgan fingerprint density at radius 2 is 1.82 bits per heavy atom. The van der Waals surface area contributed by atoms with Crippen molar-refractivity contribution in [2.45, 2.75) is 51.9 Å². The third kappa shape index (κ3) is 2.84. The molecule has 2 unspecified atom stereocenters. The molecule has 3 fully saturated rings. The lowest BCUT2D eigenvalue weighted by Crippen LogP contribution is -2.37. The molecule has 0 spiro atoms. The van der Waals surface area contributed by atoms with Gasteiger partial charge in [0.15, 0.2) is 5.76 Å². The summed E-state index contributed by atoms with van der Waals surface area (Å²) in [5.74, 6) is 2.74. The number of fused-ring (bicyclic) bond motifs is 5. The molecule has 34 heavy (non-hydrogen) atoms. The second kappa shape index (κ2) is 7.18. The summed E-state index contributed by atoms with van der Waals surface area (Å²) >= 11 is 0. The van der Waals surface area contributed by atoms with Crippen molar-refractivity contribution in [3.8, 4) is 11.1 Å². The van der Waals surface area contributed by atoms with Gasteiger partial charge in [0.25, 0.3) is 0 Å². The fraction of sp³-hybridized carbons (Fsp3) is 0.400. The molecule has 0 amide bonds. The van der Waals surface area contributed by atoms with Gasteiger partial charge in [0.05, 0.1) is 5.39 Å². The van der Waals surface area contributed by atoms with Gasteiger partial charge in [-0.1, -0.05) is 43.2 Å². The summed E-state index contributed by atoms with van der Waals surface area (Å²) in [4.78, 5) is 26.8. The van der Waals surface area contributed by atoms with Crippen LogP contribution in [0.2, 0.25) is 0 Å². The largest absolute Gasteiger partial charge is 0.452 e. The van der Waals surface area contributed by atoms with E-state index < -0.39 is 0 Å². The predicted octanol–water partition coefficient (Wildman–Crippen LogP) is 7.30. The van der Waals surface area contributed by atoms with Crippen molar-refractivity contribution in [1.29, 1.82) is 0 Å². The number of rotatable bonds is 3. The van der Waals surface area contributed by atoms with Crippen molar-refractivity contribution in [2.75, 3.05) is 0 Å². The Bertz CT molecular complexity index is 1510. The molecule has 3 aliphatic carbocycles. The molecule has 4 nitrogen and oxygen atoms in total. The topological polar surface area (TPSA) is 60.4 Å². The predicted molar refractivity (Wildman–Crippen MR) is 132 cm³/mol. The van der Waals surface area contributed by atoms with E-state index in [1.807, 2.05) is 49.4 Å². The van der Waals surface area contributed by atoms with Crippen LogP contribution in [0.25, 0.3) is 33.1 Å². The van der Waals surface area contributed by atoms with Gasteiger partial charge in [-0.25, -0.2) is 4.79 Å². The Morgan fingerprint density at radius 3 is 2.68 bits per heavy atom. The monoisotopic (exact) mass is 452 g/mol. The summed E-state index contributed by atoms with van der Waals surface area (Å²) in [5, 5.41) is 1.60. The zero-order chi connectivity index (χ0) is 23.0. The van der Waals surface area contributed by atoms with Crippen molar-refractivity contribution < 1.29 is 13.6 Å². The number of carbonyl (C=O) groups is 1. The number of hydrogen-bond donors (Lipinski definition) is 0. The van der Waals surface area contributed by atoms with Gasteiger partial charge in [-0.05, 0) is 80.0 Å². The average Bonchev–Trinajstić information content (AvgIpc) is 3.32. The third-order valence-corrected chi connectivity index (χ3v) is 9.02. The van der Waals surface area contributed by atoms with Crippen molar-refractivity contribution in [3.05, 3.63) is 70.3 Å². The molecule has 3 aliphatic rings. The molecule has 0 radical (unpaired) electrons. The van der Waals surface area contributed by atoms with E-state index in [0.29, 0.717) is 28.8 Å². The van der Waals surface area contributed by atoms with Crippen LogP contribution >= 0.6 is 0 Å². The van der Waals surface area contributed by atoms with E-state index in [-0.39, 0.29) is 16.8 Å². The maximum Gasteiger partial charge on any atom is 0.336 e. The lowest BCUT2D eigenvalue weighted by atomic mass is 9.64. The third-order valence-electron chi connectivity index (χ3n) is 9.02. The lowest BCUT2D eigenvalue weighted by molar-refractivity contribution is 0.0583. The first-order chi connectivity index (χ1) is 16.5. The number of carbonyl (C=O) groups excluding carboxylic acids is 1. The molecule has 4 heteroatoms. The van der Waals surface area contributed by atoms with Crippen LogP contribution in [-0.4, -0.2) is 5.78 Å². The lowest BCUT2D eigenvalue weighted by Gasteiger charge is -2.38. The molecule has 3 bridgehead atoms. The standard InChI is InChI=1S/C30H28O4/c1-17-12-24(31)34-27-22(17)9-10-23-26(27)25(19-6-3-2-4-7-19)28(33-23)29(32)30-11-5-8-20-13-18(15-30)14-21(20)16-30/h2-4,6-7,9-10,12,18,20-21H,5,8,11,13-16H2,1H3/t18-,20-,21?,30?/m0/s1. The van der Waals surface area contributed by atoms with E-state index in [9.17, 15) is 9.59 Å². The average molecular weight is 453 g/mol. The van der Waals surface area contributed by atoms with Crippen LogP contribution in [0.4, 0.5) is 0 Å². The molecule has 0 saturated heterocycles. The van der Waals surface area contributed by atoms with Gasteiger partial charge in [-0.15, -0.1) is 0 Å². The van der Waals surface area contributed by atoms with Crippen molar-refractivity contribution >= 4 is 27.7 Å². The highest BCUT2D eigenvalue weighted by Gasteiger charge is 2.54. The highest BCUT2D eigenvalue weighted by Crippen LogP contribution is 2.60. The molecule has 2 aromatic heterocycles. The molecule has 7 rings (SSSR count). The number of furan rings is 1. The van der Waals surface area contributed by atoms with Crippen molar-refractivity contribution in [3.63, 3.8) is 0 Å². The maximum absolute atomic E-state index is 14.5. The molecule has 0 aliphatic heterocycles. The maximum atomic E-state index is 14.5. The molecule has 2 heterocycles. The van der Waals surface area contributed by atoms with E-state index in [1.54, 1.807) is 0 Å². The second-order valence-electron chi connectivity index (χ2n) is 11.0. The van der Waals surface area contributed by atoms with Crippen LogP contribution in [0.3, 0.4) is 0 Å². The number of benzene rings is 2. The van der Waals surface area contributed by atoms with Crippen LogP contribution < -0.4 is 5.63 Å². The molecular formula is C30H28O4.